The molecular weight excluding hydrogens is 420 g/mol. The molecule has 0 unspecified atom stereocenters. The molecule has 0 aromatic carbocycles. The Kier molecular flexibility index (Phi) is 363. The molecule has 0 fully saturated rings. The van der Waals surface area contributed by atoms with Gasteiger partial charge in [-0.25, -0.2) is 0 Å². The molecule has 0 bridgehead atoms. The van der Waals surface area contributed by atoms with Crippen LogP contribution in [0.25, 0.3) is 0 Å². The van der Waals surface area contributed by atoms with Gasteiger partial charge in [0.15, 0.2) is 0 Å². The molecule has 6 heavy (non-hydrogen) atoms. The minimum absolute atomic E-state index is 0. The van der Waals surface area contributed by atoms with Gasteiger partial charge in [-0.05, 0) is 0 Å². The minimum atomic E-state index is 0. The predicted molar refractivity (Wildman–Crippen MR) is 28.2 cm³/mol. The van der Waals surface area contributed by atoms with Crippen molar-refractivity contribution in [2.45, 2.75) is 0 Å². The Hall–Kier alpha value is 2.33. The van der Waals surface area contributed by atoms with E-state index < -0.39 is 0 Å². The van der Waals surface area contributed by atoms with Crippen molar-refractivity contribution in [3.63, 3.8) is 0 Å². The summed E-state index contributed by atoms with van der Waals surface area (Å²) in [5.74, 6) is 0. The maximum absolute atomic E-state index is 8.30. The summed E-state index contributed by atoms with van der Waals surface area (Å²) in [6.07, 6.45) is 0. The third-order valence-corrected chi connectivity index (χ3v) is 0. The van der Waals surface area contributed by atoms with Gasteiger partial charge in [0.05, 0.1) is 0 Å². The molecule has 0 aliphatic carbocycles. The van der Waals surface area contributed by atoms with Crippen LogP contribution >= 0.6 is 37.2 Å². The summed E-state index contributed by atoms with van der Waals surface area (Å²) in [7, 11) is 0. The average Bonchev–Trinajstić information content (AvgIpc) is 1.00. The third-order valence-electron chi connectivity index (χ3n) is 0. The van der Waals surface area contributed by atoms with Crippen molar-refractivity contribution < 1.29 is 24.3 Å². The zero-order valence-corrected chi connectivity index (χ0v) is 11.8. The number of hydrogen-bond acceptors (Lipinski definition) is 1. The van der Waals surface area contributed by atoms with Crippen molar-refractivity contribution in [3.05, 3.63) is 0 Å². The van der Waals surface area contributed by atoms with Crippen LogP contribution in [0.3, 0.4) is 0 Å². The maximum atomic E-state index is 8.30. The van der Waals surface area contributed by atoms with Crippen molar-refractivity contribution in [2.24, 2.45) is 0 Å². The Bertz CT molecular complexity index is 10.8. The molecule has 0 aromatic rings. The van der Waals surface area contributed by atoms with Gasteiger partial charge in [-0.1, -0.05) is 0 Å². The largest absolute Gasteiger partial charge is 0 e. The van der Waals surface area contributed by atoms with Gasteiger partial charge in [-0.15, -0.1) is 37.2 Å². The molecule has 1 radical (unpaired) electrons. The van der Waals surface area contributed by atoms with E-state index in [2.05, 4.69) is 0 Å². The van der Waals surface area contributed by atoms with E-state index in [1.54, 1.807) is 0 Å². The second kappa shape index (κ2) is 54.0. The molecule has 0 aromatic heterocycles. The van der Waals surface area contributed by atoms with Crippen molar-refractivity contribution >= 4 is 64.5 Å². The van der Waals surface area contributed by atoms with E-state index >= 15 is 0 Å². The summed E-state index contributed by atoms with van der Waals surface area (Å²) in [5, 5.41) is 0. The maximum Gasteiger partial charge on any atom is 0 e. The third kappa shape index (κ3) is 33.1. The first-order chi connectivity index (χ1) is 1.00. The molecule has 0 N–H and O–H groups in total. The van der Waals surface area contributed by atoms with E-state index in [1.165, 1.54) is 0 Å². The van der Waals surface area contributed by atoms with Crippen LogP contribution in [0.2, 0.25) is 0 Å². The monoisotopic (exact) mass is 422 g/mol. The van der Waals surface area contributed by atoms with Crippen molar-refractivity contribution in [2.75, 3.05) is 0 Å². The number of rotatable bonds is 0. The first-order valence-electron chi connectivity index (χ1n) is 0.183. The number of halogens is 3. The van der Waals surface area contributed by atoms with E-state index in [0.29, 0.717) is 21.0 Å². The van der Waals surface area contributed by atoms with Crippen molar-refractivity contribution in [1.29, 1.82) is 0 Å². The van der Waals surface area contributed by atoms with E-state index in [-0.39, 0.29) is 64.5 Å². The fourth-order valence-electron chi connectivity index (χ4n) is 0. The Balaban J connectivity index is -0.000000000833. The average molecular weight is 423 g/mol. The molecule has 0 rings (SSSR count). The first-order valence-corrected chi connectivity index (χ1v) is 1.08. The summed E-state index contributed by atoms with van der Waals surface area (Å²) in [4.78, 5) is 0. The van der Waals surface area contributed by atoms with Gasteiger partial charge in [0, 0.05) is 27.3 Å². The van der Waals surface area contributed by atoms with E-state index in [9.17, 15) is 0 Å². The fraction of sp³-hybridized carbons (Fsp3) is 0. The minimum Gasteiger partial charge on any atom is 0 e. The molecule has 0 saturated heterocycles. The Labute approximate surface area is 87.7 Å². The Morgan fingerprint density at radius 1 is 0.833 bits per heavy atom. The molecule has 0 saturated carbocycles. The van der Waals surface area contributed by atoms with Crippen LogP contribution in [0.4, 0.5) is 0 Å². The Morgan fingerprint density at radius 3 is 0.833 bits per heavy atom. The van der Waals surface area contributed by atoms with Crippen molar-refractivity contribution in [3.8, 4) is 0 Å². The van der Waals surface area contributed by atoms with Crippen LogP contribution in [0.5, 0.6) is 0 Å². The van der Waals surface area contributed by atoms with Crippen LogP contribution in [-0.4, -0.2) is 27.3 Å². The van der Waals surface area contributed by atoms with Crippen molar-refractivity contribution in [1.82, 2.24) is 0 Å². The standard InChI is InChI=1S/3ClH.Nb.O.Tl/h3*1H;;;. The zero-order chi connectivity index (χ0) is 2.00. The molecule has 0 amide bonds. The van der Waals surface area contributed by atoms with Gasteiger partial charge in [-0.2, -0.15) is 0 Å². The van der Waals surface area contributed by atoms with E-state index in [0.717, 1.165) is 0 Å². The van der Waals surface area contributed by atoms with E-state index in [4.69, 9.17) is 3.25 Å². The van der Waals surface area contributed by atoms with Crippen LogP contribution in [0, 0.1) is 0 Å². The van der Waals surface area contributed by atoms with Gasteiger partial charge in [0.25, 0.3) is 0 Å². The molecule has 0 aliphatic rings. The molecule has 6 heteroatoms. The summed E-state index contributed by atoms with van der Waals surface area (Å²) in [6, 6.07) is 0. The second-order valence-electron chi connectivity index (χ2n) is 0. The second-order valence-corrected chi connectivity index (χ2v) is 0. The molecule has 1 nitrogen and oxygen atoms in total. The normalized spacial score (nSPS) is 0.500. The molecule has 0 aliphatic heterocycles. The molecule has 0 heterocycles. The van der Waals surface area contributed by atoms with Gasteiger partial charge < -0.3 is 0 Å². The quantitative estimate of drug-likeness (QED) is 0.527. The summed E-state index contributed by atoms with van der Waals surface area (Å²) >= 11 is 0.500. The fourth-order valence-corrected chi connectivity index (χ4v) is 0. The summed E-state index contributed by atoms with van der Waals surface area (Å²) in [5.41, 5.74) is 0. The van der Waals surface area contributed by atoms with Crippen LogP contribution in [0.15, 0.2) is 0 Å². The van der Waals surface area contributed by atoms with Gasteiger partial charge >= 0.3 is 24.3 Å². The first kappa shape index (κ1) is 40.3. The van der Waals surface area contributed by atoms with E-state index in [1.807, 2.05) is 0 Å². The van der Waals surface area contributed by atoms with Gasteiger partial charge in [0.1, 0.15) is 0 Å². The SMILES string of the molecule is Cl.Cl.Cl.[O]=[Nb].[Tl]. The summed E-state index contributed by atoms with van der Waals surface area (Å²) in [6.45, 7) is 0. The van der Waals surface area contributed by atoms with Gasteiger partial charge in [0.2, 0.25) is 0 Å². The number of hydrogen-bond donors (Lipinski definition) is 0. The summed E-state index contributed by atoms with van der Waals surface area (Å²) < 4.78 is 8.30. The topological polar surface area (TPSA) is 17.1 Å². The molecule has 38 valence electrons. The van der Waals surface area contributed by atoms with Gasteiger partial charge in [-0.3, -0.25) is 0 Å². The van der Waals surface area contributed by atoms with Crippen LogP contribution < -0.4 is 0 Å². The van der Waals surface area contributed by atoms with Crippen LogP contribution in [0.1, 0.15) is 0 Å². The molecule has 0 atom stereocenters. The predicted octanol–water partition coefficient (Wildman–Crippen LogP) is 0.763. The smallest absolute Gasteiger partial charge is 0 e. The molecular formula is H3Cl3NbOTl. The molecule has 0 spiro atoms. The Morgan fingerprint density at radius 2 is 0.833 bits per heavy atom. The van der Waals surface area contributed by atoms with Crippen LogP contribution in [-0.2, 0) is 24.3 Å². The zero-order valence-electron chi connectivity index (χ0n) is 2.66.